The molecule has 138 valence electrons. The number of rotatable bonds is 3. The molecule has 2 aliphatic heterocycles. The average molecular weight is 364 g/mol. The van der Waals surface area contributed by atoms with Crippen LogP contribution in [0.15, 0.2) is 54.7 Å². The Kier molecular flexibility index (Phi) is 3.79. The summed E-state index contributed by atoms with van der Waals surface area (Å²) < 4.78 is 5.43. The Bertz CT molecular complexity index is 1010. The summed E-state index contributed by atoms with van der Waals surface area (Å²) in [4.78, 5) is 19.7. The molecule has 1 fully saturated rings. The molecule has 1 saturated heterocycles. The van der Waals surface area contributed by atoms with E-state index in [0.717, 1.165) is 29.7 Å². The third-order valence-corrected chi connectivity index (χ3v) is 5.70. The van der Waals surface area contributed by atoms with E-state index in [-0.39, 0.29) is 5.91 Å². The number of morpholine rings is 1. The maximum atomic E-state index is 13.5. The molecule has 2 aromatic carbocycles. The number of carbonyl (C=O) groups is 1. The molecule has 6 heteroatoms. The largest absolute Gasteiger partial charge is 0.372 e. The van der Waals surface area contributed by atoms with Crippen molar-refractivity contribution in [1.29, 1.82) is 0 Å². The minimum atomic E-state index is -1.68. The minimum absolute atomic E-state index is 0.285. The van der Waals surface area contributed by atoms with Crippen molar-refractivity contribution in [2.45, 2.75) is 5.60 Å². The Labute approximate surface area is 157 Å². The first kappa shape index (κ1) is 16.5. The number of ether oxygens (including phenoxy) is 1. The van der Waals surface area contributed by atoms with Gasteiger partial charge in [-0.3, -0.25) is 9.69 Å². The normalized spacial score (nSPS) is 23.1. The smallest absolute Gasteiger partial charge is 0.272 e. The molecule has 3 aromatic rings. The van der Waals surface area contributed by atoms with Gasteiger partial charge >= 0.3 is 0 Å². The van der Waals surface area contributed by atoms with E-state index in [1.54, 1.807) is 11.1 Å². The summed E-state index contributed by atoms with van der Waals surface area (Å²) in [6.07, 6.45) is 1.75. The number of quaternary nitrogens is 1. The number of nitrogens with zero attached hydrogens (tertiary/aromatic N) is 1. The zero-order valence-corrected chi connectivity index (χ0v) is 14.9. The van der Waals surface area contributed by atoms with Gasteiger partial charge in [-0.1, -0.05) is 36.4 Å². The first-order valence-corrected chi connectivity index (χ1v) is 9.31. The zero-order valence-electron chi connectivity index (χ0n) is 14.9. The monoisotopic (exact) mass is 364 g/mol. The Morgan fingerprint density at radius 2 is 1.81 bits per heavy atom. The summed E-state index contributed by atoms with van der Waals surface area (Å²) in [5, 5.41) is 12.6. The van der Waals surface area contributed by atoms with Crippen LogP contribution in [0.5, 0.6) is 0 Å². The predicted molar refractivity (Wildman–Crippen MR) is 102 cm³/mol. The first-order valence-electron chi connectivity index (χ1n) is 9.31. The molecule has 3 N–H and O–H groups in total. The van der Waals surface area contributed by atoms with Gasteiger partial charge in [-0.2, -0.15) is 0 Å². The lowest BCUT2D eigenvalue weighted by molar-refractivity contribution is -0.906. The van der Waals surface area contributed by atoms with Crippen LogP contribution in [0, 0.1) is 0 Å². The van der Waals surface area contributed by atoms with E-state index < -0.39 is 5.60 Å². The van der Waals surface area contributed by atoms with Crippen molar-refractivity contribution in [3.05, 3.63) is 65.9 Å². The number of carbonyl (C=O) groups excluding carboxylic acids is 1. The Morgan fingerprint density at radius 3 is 2.67 bits per heavy atom. The number of aliphatic hydroxyl groups is 1. The zero-order chi connectivity index (χ0) is 18.4. The number of hydrogen-bond acceptors (Lipinski definition) is 3. The molecule has 2 aliphatic rings. The van der Waals surface area contributed by atoms with Crippen LogP contribution >= 0.6 is 0 Å². The van der Waals surface area contributed by atoms with Gasteiger partial charge in [-0.05, 0) is 12.1 Å². The number of fused-ring (bicyclic) bond motifs is 2. The number of aromatic nitrogens is 1. The van der Waals surface area contributed by atoms with Crippen molar-refractivity contribution in [2.75, 3.05) is 37.9 Å². The molecule has 0 unspecified atom stereocenters. The first-order chi connectivity index (χ1) is 13.2. The molecule has 3 heterocycles. The van der Waals surface area contributed by atoms with Gasteiger partial charge in [-0.15, -0.1) is 0 Å². The van der Waals surface area contributed by atoms with Crippen molar-refractivity contribution in [3.8, 4) is 0 Å². The summed E-state index contributed by atoms with van der Waals surface area (Å²) in [6, 6.07) is 15.3. The van der Waals surface area contributed by atoms with Crippen LogP contribution in [0.2, 0.25) is 0 Å². The molecule has 1 aromatic heterocycles. The van der Waals surface area contributed by atoms with Gasteiger partial charge in [0, 0.05) is 28.2 Å². The SMILES string of the molecule is O=C1N(C[NH+]2CCOCC2)c2ccccc2[C@]1(O)c1c[nH]c2ccccc12. The van der Waals surface area contributed by atoms with Crippen LogP contribution in [-0.2, 0) is 15.1 Å². The number of amides is 1. The van der Waals surface area contributed by atoms with E-state index in [2.05, 4.69) is 4.98 Å². The van der Waals surface area contributed by atoms with Gasteiger partial charge in [0.05, 0.1) is 18.9 Å². The third kappa shape index (κ3) is 2.41. The molecule has 1 amide bonds. The standard InChI is InChI=1S/C21H21N3O3/c25-20-21(26,17-13-22-18-7-3-1-5-15(17)18)16-6-2-4-8-19(16)24(20)14-23-9-11-27-12-10-23/h1-8,13,22,26H,9-12,14H2/p+1/t21-/m0/s1. The van der Waals surface area contributed by atoms with Crippen LogP contribution in [0.1, 0.15) is 11.1 Å². The van der Waals surface area contributed by atoms with E-state index in [0.29, 0.717) is 31.0 Å². The predicted octanol–water partition coefficient (Wildman–Crippen LogP) is 0.623. The quantitative estimate of drug-likeness (QED) is 0.638. The van der Waals surface area contributed by atoms with Crippen LogP contribution in [0.3, 0.4) is 0 Å². The highest BCUT2D eigenvalue weighted by Gasteiger charge is 2.53. The lowest BCUT2D eigenvalue weighted by Crippen LogP contribution is -3.15. The summed E-state index contributed by atoms with van der Waals surface area (Å²) in [7, 11) is 0. The molecule has 6 nitrogen and oxygen atoms in total. The second-order valence-electron chi connectivity index (χ2n) is 7.23. The summed E-state index contributed by atoms with van der Waals surface area (Å²) in [5.41, 5.74) is 1.27. The highest BCUT2D eigenvalue weighted by atomic mass is 16.5. The fourth-order valence-corrected chi connectivity index (χ4v) is 4.26. The van der Waals surface area contributed by atoms with E-state index in [9.17, 15) is 9.90 Å². The highest BCUT2D eigenvalue weighted by Crippen LogP contribution is 2.45. The number of H-pyrrole nitrogens is 1. The van der Waals surface area contributed by atoms with Crippen molar-refractivity contribution in [2.24, 2.45) is 0 Å². The van der Waals surface area contributed by atoms with Crippen molar-refractivity contribution in [1.82, 2.24) is 4.98 Å². The van der Waals surface area contributed by atoms with Crippen molar-refractivity contribution < 1.29 is 19.5 Å². The fourth-order valence-electron chi connectivity index (χ4n) is 4.26. The average Bonchev–Trinajstić information content (AvgIpc) is 3.24. The van der Waals surface area contributed by atoms with Crippen LogP contribution in [-0.4, -0.2) is 49.0 Å². The van der Waals surface area contributed by atoms with Gasteiger partial charge < -0.3 is 19.7 Å². The molecule has 5 rings (SSSR count). The Morgan fingerprint density at radius 1 is 1.07 bits per heavy atom. The van der Waals surface area contributed by atoms with E-state index in [1.807, 2.05) is 48.5 Å². The number of benzene rings is 2. The topological polar surface area (TPSA) is 70.0 Å². The minimum Gasteiger partial charge on any atom is -0.372 e. The molecule has 0 aliphatic carbocycles. The molecule has 0 radical (unpaired) electrons. The van der Waals surface area contributed by atoms with Gasteiger partial charge in [-0.25, -0.2) is 0 Å². The van der Waals surface area contributed by atoms with Gasteiger partial charge in [0.2, 0.25) is 0 Å². The lowest BCUT2D eigenvalue weighted by atomic mass is 9.87. The van der Waals surface area contributed by atoms with E-state index >= 15 is 0 Å². The number of anilines is 1. The highest BCUT2D eigenvalue weighted by molar-refractivity contribution is 6.10. The summed E-state index contributed by atoms with van der Waals surface area (Å²) in [6.45, 7) is 3.65. The van der Waals surface area contributed by atoms with Crippen LogP contribution in [0.4, 0.5) is 5.69 Å². The van der Waals surface area contributed by atoms with Crippen LogP contribution in [0.25, 0.3) is 10.9 Å². The molecule has 0 bridgehead atoms. The maximum absolute atomic E-state index is 13.5. The van der Waals surface area contributed by atoms with E-state index in [4.69, 9.17) is 4.74 Å². The number of para-hydroxylation sites is 2. The second-order valence-corrected chi connectivity index (χ2v) is 7.23. The van der Waals surface area contributed by atoms with E-state index in [1.165, 1.54) is 4.90 Å². The Balaban J connectivity index is 1.61. The van der Waals surface area contributed by atoms with Crippen LogP contribution < -0.4 is 9.80 Å². The fraction of sp³-hybridized carbons (Fsp3) is 0.286. The van der Waals surface area contributed by atoms with Crippen molar-refractivity contribution in [3.63, 3.8) is 0 Å². The summed E-state index contributed by atoms with van der Waals surface area (Å²) in [5.74, 6) is -0.285. The van der Waals surface area contributed by atoms with Gasteiger partial charge in [0.25, 0.3) is 5.91 Å². The summed E-state index contributed by atoms with van der Waals surface area (Å²) >= 11 is 0. The molecule has 0 saturated carbocycles. The maximum Gasteiger partial charge on any atom is 0.272 e. The second kappa shape index (κ2) is 6.20. The Hall–Kier alpha value is -2.67. The molecule has 1 atom stereocenters. The number of aromatic amines is 1. The molecule has 27 heavy (non-hydrogen) atoms. The molecular formula is C21H22N3O3+. The van der Waals surface area contributed by atoms with Gasteiger partial charge in [0.15, 0.2) is 12.3 Å². The van der Waals surface area contributed by atoms with Crippen molar-refractivity contribution >= 4 is 22.5 Å². The molecule has 0 spiro atoms. The third-order valence-electron chi connectivity index (χ3n) is 5.70. The number of nitrogens with one attached hydrogen (secondary N) is 2. The van der Waals surface area contributed by atoms with Gasteiger partial charge in [0.1, 0.15) is 13.1 Å². The lowest BCUT2D eigenvalue weighted by Gasteiger charge is -2.29. The molecular weight excluding hydrogens is 342 g/mol. The number of hydrogen-bond donors (Lipinski definition) is 3.